The van der Waals surface area contributed by atoms with Gasteiger partial charge in [0.2, 0.25) is 0 Å². The molecule has 15 rings (SSSR count). The summed E-state index contributed by atoms with van der Waals surface area (Å²) >= 11 is 0. The van der Waals surface area contributed by atoms with Crippen LogP contribution in [0.1, 0.15) is 74.9 Å². The third kappa shape index (κ3) is 6.29. The summed E-state index contributed by atoms with van der Waals surface area (Å²) in [6.07, 6.45) is 0. The zero-order valence-electron chi connectivity index (χ0n) is 43.1. The van der Waals surface area contributed by atoms with Crippen LogP contribution in [0.15, 0.2) is 218 Å². The highest BCUT2D eigenvalue weighted by atomic mass is 15.1. The standard InChI is InChI=1S/C71H54N4/c1-69(2)57-37-47(43-25-29-45(30-26-43)67-72-63-21-13-15-23-65(63)74(67)49-17-9-7-10-18-49)33-35-51(57)53-39-61-55(41-59(53)69)56-42-60-54(40-62(56)71(61,5)6)52-36-34-48(38-58(52)70(60,3)4)44-27-31-46(32-28-44)68-73-64-22-14-16-24-66(64)75(68)50-19-11-8-12-20-50/h7-42H,1-6H3/p+1. The Labute approximate surface area is 438 Å². The van der Waals surface area contributed by atoms with Crippen molar-refractivity contribution in [1.82, 2.24) is 14.5 Å². The fourth-order valence-corrected chi connectivity index (χ4v) is 13.4. The van der Waals surface area contributed by atoms with Gasteiger partial charge in [-0.2, -0.15) is 4.57 Å². The van der Waals surface area contributed by atoms with Crippen LogP contribution < -0.4 is 4.57 Å². The molecule has 2 aromatic heterocycles. The summed E-state index contributed by atoms with van der Waals surface area (Å²) in [5.41, 5.74) is 29.8. The number of nitrogens with one attached hydrogen (secondary N) is 1. The van der Waals surface area contributed by atoms with Gasteiger partial charge in [0, 0.05) is 27.5 Å². The van der Waals surface area contributed by atoms with Crippen LogP contribution in [-0.2, 0) is 16.2 Å². The van der Waals surface area contributed by atoms with Gasteiger partial charge in [-0.25, -0.2) is 9.97 Å². The molecule has 0 spiro atoms. The first-order chi connectivity index (χ1) is 36.4. The molecule has 3 aliphatic carbocycles. The second-order valence-corrected chi connectivity index (χ2v) is 22.7. The Bertz CT molecular complexity index is 4060. The average Bonchev–Trinajstić information content (AvgIpc) is 4.22. The van der Waals surface area contributed by atoms with Crippen LogP contribution in [0.5, 0.6) is 0 Å². The molecule has 0 bridgehead atoms. The number of benzene rings is 10. The molecule has 1 N–H and O–H groups in total. The summed E-state index contributed by atoms with van der Waals surface area (Å²) < 4.78 is 4.60. The maximum atomic E-state index is 5.13. The van der Waals surface area contributed by atoms with Crippen LogP contribution in [0.2, 0.25) is 0 Å². The zero-order valence-corrected chi connectivity index (χ0v) is 43.1. The molecule has 0 radical (unpaired) electrons. The molecular weight excluding hydrogens is 909 g/mol. The first kappa shape index (κ1) is 43.7. The van der Waals surface area contributed by atoms with Crippen LogP contribution >= 0.6 is 0 Å². The van der Waals surface area contributed by atoms with Crippen LogP contribution in [0.25, 0.3) is 112 Å². The third-order valence-electron chi connectivity index (χ3n) is 17.4. The topological polar surface area (TPSA) is 37.5 Å². The van der Waals surface area contributed by atoms with Gasteiger partial charge in [-0.05, 0) is 186 Å². The second-order valence-electron chi connectivity index (χ2n) is 22.7. The summed E-state index contributed by atoms with van der Waals surface area (Å²) in [4.78, 5) is 8.86. The highest BCUT2D eigenvalue weighted by Crippen LogP contribution is 2.60. The van der Waals surface area contributed by atoms with Gasteiger partial charge in [0.15, 0.2) is 11.0 Å². The number of aromatic amines is 1. The van der Waals surface area contributed by atoms with Gasteiger partial charge in [0.1, 0.15) is 11.5 Å². The smallest absolute Gasteiger partial charge is 0.292 e. The van der Waals surface area contributed by atoms with Gasteiger partial charge in [-0.15, -0.1) is 0 Å². The number of nitrogens with zero attached hydrogens (tertiary/aromatic N) is 3. The summed E-state index contributed by atoms with van der Waals surface area (Å²) in [5, 5.41) is 0. The van der Waals surface area contributed by atoms with Gasteiger partial charge < -0.3 is 0 Å². The van der Waals surface area contributed by atoms with E-state index < -0.39 is 0 Å². The van der Waals surface area contributed by atoms with E-state index in [-0.39, 0.29) is 16.2 Å². The molecule has 0 atom stereocenters. The van der Waals surface area contributed by atoms with Crippen LogP contribution in [0, 0.1) is 0 Å². The van der Waals surface area contributed by atoms with Crippen molar-refractivity contribution in [3.05, 3.63) is 252 Å². The molecule has 2 heterocycles. The molecule has 75 heavy (non-hydrogen) atoms. The fraction of sp³-hybridized carbons (Fsp3) is 0.127. The molecular formula is C71H55N4+. The maximum absolute atomic E-state index is 5.13. The molecule has 0 saturated heterocycles. The number of rotatable bonds is 6. The Morgan fingerprint density at radius 2 is 0.800 bits per heavy atom. The van der Waals surface area contributed by atoms with E-state index in [1.54, 1.807) is 0 Å². The molecule has 4 heteroatoms. The molecule has 0 saturated carbocycles. The lowest BCUT2D eigenvalue weighted by Crippen LogP contribution is -2.31. The average molecular weight is 964 g/mol. The van der Waals surface area contributed by atoms with E-state index in [0.717, 1.165) is 56.2 Å². The molecule has 0 aliphatic heterocycles. The van der Waals surface area contributed by atoms with E-state index in [9.17, 15) is 0 Å². The lowest BCUT2D eigenvalue weighted by atomic mass is 9.78. The molecule has 0 fully saturated rings. The monoisotopic (exact) mass is 963 g/mol. The van der Waals surface area contributed by atoms with Gasteiger partial charge in [0.05, 0.1) is 16.6 Å². The van der Waals surface area contributed by atoms with E-state index in [1.165, 1.54) is 89.0 Å². The Balaban J connectivity index is 0.743. The number of H-pyrrole nitrogens is 1. The van der Waals surface area contributed by atoms with E-state index >= 15 is 0 Å². The van der Waals surface area contributed by atoms with Crippen LogP contribution in [0.3, 0.4) is 0 Å². The zero-order chi connectivity index (χ0) is 50.5. The Morgan fingerprint density at radius 1 is 0.373 bits per heavy atom. The fourth-order valence-electron chi connectivity index (χ4n) is 13.4. The SMILES string of the molecule is CC1(C)c2cc(-c3ccc(-c4nc5ccccc5n4-c4ccccc4)cc3)ccc2-c2cc3c(cc21)-c1cc2c(cc1C3(C)C)-c1ccc(-c3ccc(-c4[nH]c5ccccc5[n+]4-c4ccccc4)cc3)cc1C2(C)C. The number of imidazole rings is 2. The van der Waals surface area contributed by atoms with Crippen molar-refractivity contribution in [3.8, 4) is 89.8 Å². The summed E-state index contributed by atoms with van der Waals surface area (Å²) in [7, 11) is 0. The quantitative estimate of drug-likeness (QED) is 0.166. The van der Waals surface area contributed by atoms with Crippen molar-refractivity contribution in [2.45, 2.75) is 57.8 Å². The van der Waals surface area contributed by atoms with Crippen molar-refractivity contribution in [1.29, 1.82) is 0 Å². The minimum Gasteiger partial charge on any atom is -0.292 e. The minimum atomic E-state index is -0.178. The van der Waals surface area contributed by atoms with E-state index in [2.05, 4.69) is 274 Å². The lowest BCUT2D eigenvalue weighted by molar-refractivity contribution is -0.554. The predicted molar refractivity (Wildman–Crippen MR) is 309 cm³/mol. The maximum Gasteiger partial charge on any atom is 0.292 e. The highest BCUT2D eigenvalue weighted by molar-refractivity contribution is 5.94. The first-order valence-electron chi connectivity index (χ1n) is 26.4. The normalized spacial score (nSPS) is 14.9. The Hall–Kier alpha value is -8.86. The van der Waals surface area contributed by atoms with Gasteiger partial charge in [-0.1, -0.05) is 163 Å². The lowest BCUT2D eigenvalue weighted by Gasteiger charge is -2.25. The first-order valence-corrected chi connectivity index (χ1v) is 26.4. The number of aromatic nitrogens is 4. The van der Waals surface area contributed by atoms with Crippen molar-refractivity contribution in [3.63, 3.8) is 0 Å². The summed E-state index contributed by atoms with van der Waals surface area (Å²) in [5.74, 6) is 2.02. The van der Waals surface area contributed by atoms with Gasteiger partial charge in [0.25, 0.3) is 5.82 Å². The highest BCUT2D eigenvalue weighted by Gasteiger charge is 2.45. The van der Waals surface area contributed by atoms with E-state index in [1.807, 2.05) is 0 Å². The second kappa shape index (κ2) is 15.6. The van der Waals surface area contributed by atoms with Crippen molar-refractivity contribution < 1.29 is 4.57 Å². The largest absolute Gasteiger partial charge is 0.292 e. The Kier molecular flexibility index (Phi) is 9.08. The van der Waals surface area contributed by atoms with E-state index in [4.69, 9.17) is 4.98 Å². The molecule has 0 unspecified atom stereocenters. The number of fused-ring (bicyclic) bond motifs is 11. The summed E-state index contributed by atoms with van der Waals surface area (Å²) in [6, 6.07) is 80.7. The van der Waals surface area contributed by atoms with Crippen LogP contribution in [0.4, 0.5) is 0 Å². The number of para-hydroxylation sites is 6. The minimum absolute atomic E-state index is 0.164. The molecule has 358 valence electrons. The molecule has 3 aliphatic rings. The van der Waals surface area contributed by atoms with Crippen LogP contribution in [-0.4, -0.2) is 14.5 Å². The molecule has 4 nitrogen and oxygen atoms in total. The summed E-state index contributed by atoms with van der Waals surface area (Å²) in [6.45, 7) is 14.6. The van der Waals surface area contributed by atoms with Gasteiger partial charge in [-0.3, -0.25) is 4.57 Å². The van der Waals surface area contributed by atoms with Crippen molar-refractivity contribution in [2.75, 3.05) is 0 Å². The predicted octanol–water partition coefficient (Wildman–Crippen LogP) is 17.4. The number of hydrogen-bond acceptors (Lipinski definition) is 1. The third-order valence-corrected chi connectivity index (χ3v) is 17.4. The van der Waals surface area contributed by atoms with Gasteiger partial charge >= 0.3 is 0 Å². The van der Waals surface area contributed by atoms with Crippen molar-refractivity contribution in [2.24, 2.45) is 0 Å². The molecule has 0 amide bonds. The molecule has 10 aromatic carbocycles. The van der Waals surface area contributed by atoms with E-state index in [0.29, 0.717) is 0 Å². The number of hydrogen-bond donors (Lipinski definition) is 1. The molecule has 12 aromatic rings. The Morgan fingerprint density at radius 3 is 1.36 bits per heavy atom. The van der Waals surface area contributed by atoms with Crippen molar-refractivity contribution >= 4 is 22.1 Å².